The second-order valence-electron chi connectivity index (χ2n) is 3.17. The summed E-state index contributed by atoms with van der Waals surface area (Å²) in [6.45, 7) is 4.25. The van der Waals surface area contributed by atoms with E-state index in [0.717, 1.165) is 18.5 Å². The van der Waals surface area contributed by atoms with Gasteiger partial charge in [0, 0.05) is 11.7 Å². The van der Waals surface area contributed by atoms with Crippen LogP contribution in [0.2, 0.25) is 0 Å². The first-order valence-electron chi connectivity index (χ1n) is 4.78. The lowest BCUT2D eigenvalue weighted by Gasteiger charge is -2.15. The largest absolute Gasteiger partial charge is 0.382 e. The molecule has 1 rings (SSSR count). The minimum Gasteiger partial charge on any atom is -0.382 e. The van der Waals surface area contributed by atoms with Crippen LogP contribution in [0.4, 0.5) is 10.1 Å². The lowest BCUT2D eigenvalue weighted by molar-refractivity contribution is 0.626. The number of nitrogens with one attached hydrogen (secondary N) is 1. The molecule has 0 bridgehead atoms. The Morgan fingerprint density at radius 1 is 1.31 bits per heavy atom. The highest BCUT2D eigenvalue weighted by atomic mass is 19.1. The van der Waals surface area contributed by atoms with Gasteiger partial charge in [-0.3, -0.25) is 0 Å². The fraction of sp³-hybridized carbons (Fsp3) is 0.455. The van der Waals surface area contributed by atoms with Crippen molar-refractivity contribution in [3.05, 3.63) is 30.1 Å². The van der Waals surface area contributed by atoms with Gasteiger partial charge in [-0.05, 0) is 31.0 Å². The van der Waals surface area contributed by atoms with E-state index < -0.39 is 0 Å². The molecule has 0 fully saturated rings. The standard InChI is InChI=1S/C11H16FN/c1-3-10(4-2)13-11-7-5-6-9(12)8-11/h5-8,10,13H,3-4H2,1-2H3. The van der Waals surface area contributed by atoms with Crippen LogP contribution in [0.5, 0.6) is 0 Å². The van der Waals surface area contributed by atoms with E-state index in [2.05, 4.69) is 19.2 Å². The lowest BCUT2D eigenvalue weighted by Crippen LogP contribution is -2.16. The van der Waals surface area contributed by atoms with E-state index >= 15 is 0 Å². The van der Waals surface area contributed by atoms with Crippen molar-refractivity contribution in [2.45, 2.75) is 32.7 Å². The van der Waals surface area contributed by atoms with Gasteiger partial charge in [-0.15, -0.1) is 0 Å². The van der Waals surface area contributed by atoms with E-state index in [9.17, 15) is 4.39 Å². The Kier molecular flexibility index (Phi) is 3.74. The normalized spacial score (nSPS) is 10.5. The molecule has 1 N–H and O–H groups in total. The van der Waals surface area contributed by atoms with Crippen molar-refractivity contribution >= 4 is 5.69 Å². The van der Waals surface area contributed by atoms with Crippen molar-refractivity contribution in [3.63, 3.8) is 0 Å². The summed E-state index contributed by atoms with van der Waals surface area (Å²) in [5.74, 6) is -0.184. The van der Waals surface area contributed by atoms with Crippen molar-refractivity contribution in [1.29, 1.82) is 0 Å². The predicted molar refractivity (Wildman–Crippen MR) is 54.4 cm³/mol. The van der Waals surface area contributed by atoms with Crippen molar-refractivity contribution < 1.29 is 4.39 Å². The number of hydrogen-bond donors (Lipinski definition) is 1. The Bertz CT molecular complexity index is 256. The first-order valence-corrected chi connectivity index (χ1v) is 4.78. The minimum absolute atomic E-state index is 0.184. The molecule has 0 aromatic heterocycles. The molecule has 0 saturated carbocycles. The van der Waals surface area contributed by atoms with Crippen molar-refractivity contribution in [2.24, 2.45) is 0 Å². The Labute approximate surface area is 79.0 Å². The van der Waals surface area contributed by atoms with Crippen molar-refractivity contribution in [1.82, 2.24) is 0 Å². The van der Waals surface area contributed by atoms with Gasteiger partial charge in [0.2, 0.25) is 0 Å². The molecule has 0 spiro atoms. The lowest BCUT2D eigenvalue weighted by atomic mass is 10.1. The zero-order chi connectivity index (χ0) is 9.68. The molecule has 1 nitrogen and oxygen atoms in total. The molecule has 72 valence electrons. The third-order valence-corrected chi connectivity index (χ3v) is 2.18. The van der Waals surface area contributed by atoms with Crippen LogP contribution in [0.3, 0.4) is 0 Å². The van der Waals surface area contributed by atoms with E-state index in [4.69, 9.17) is 0 Å². The Morgan fingerprint density at radius 3 is 2.54 bits per heavy atom. The van der Waals surface area contributed by atoms with E-state index in [1.54, 1.807) is 6.07 Å². The summed E-state index contributed by atoms with van der Waals surface area (Å²) in [4.78, 5) is 0. The number of anilines is 1. The van der Waals surface area contributed by atoms with Crippen LogP contribution in [0.25, 0.3) is 0 Å². The Balaban J connectivity index is 2.62. The smallest absolute Gasteiger partial charge is 0.125 e. The summed E-state index contributed by atoms with van der Waals surface area (Å²) in [7, 11) is 0. The minimum atomic E-state index is -0.184. The fourth-order valence-corrected chi connectivity index (χ4v) is 1.31. The number of rotatable bonds is 4. The molecular weight excluding hydrogens is 165 g/mol. The average molecular weight is 181 g/mol. The highest BCUT2D eigenvalue weighted by molar-refractivity contribution is 5.43. The van der Waals surface area contributed by atoms with Gasteiger partial charge >= 0.3 is 0 Å². The number of benzene rings is 1. The Hall–Kier alpha value is -1.05. The summed E-state index contributed by atoms with van der Waals surface area (Å²) in [6, 6.07) is 7.04. The van der Waals surface area contributed by atoms with Crippen molar-refractivity contribution in [2.75, 3.05) is 5.32 Å². The summed E-state index contributed by atoms with van der Waals surface area (Å²) >= 11 is 0. The number of halogens is 1. The maximum Gasteiger partial charge on any atom is 0.125 e. The highest BCUT2D eigenvalue weighted by Gasteiger charge is 2.02. The van der Waals surface area contributed by atoms with E-state index in [1.165, 1.54) is 12.1 Å². The van der Waals surface area contributed by atoms with Gasteiger partial charge in [0.15, 0.2) is 0 Å². The van der Waals surface area contributed by atoms with E-state index in [-0.39, 0.29) is 5.82 Å². The fourth-order valence-electron chi connectivity index (χ4n) is 1.31. The second kappa shape index (κ2) is 4.85. The van der Waals surface area contributed by atoms with Crippen LogP contribution < -0.4 is 5.32 Å². The molecule has 0 radical (unpaired) electrons. The molecule has 0 amide bonds. The van der Waals surface area contributed by atoms with Crippen LogP contribution >= 0.6 is 0 Å². The monoisotopic (exact) mass is 181 g/mol. The zero-order valence-corrected chi connectivity index (χ0v) is 8.18. The SMILES string of the molecule is CCC(CC)Nc1cccc(F)c1. The molecule has 0 atom stereocenters. The maximum atomic E-state index is 12.8. The van der Waals surface area contributed by atoms with Crippen LogP contribution in [-0.4, -0.2) is 6.04 Å². The molecular formula is C11H16FN. The van der Waals surface area contributed by atoms with Crippen LogP contribution in [-0.2, 0) is 0 Å². The number of hydrogen-bond acceptors (Lipinski definition) is 1. The van der Waals surface area contributed by atoms with Gasteiger partial charge in [-0.2, -0.15) is 0 Å². The van der Waals surface area contributed by atoms with Gasteiger partial charge in [-0.25, -0.2) is 4.39 Å². The molecule has 0 aliphatic rings. The second-order valence-corrected chi connectivity index (χ2v) is 3.17. The first-order chi connectivity index (χ1) is 6.26. The van der Waals surface area contributed by atoms with Gasteiger partial charge in [0.25, 0.3) is 0 Å². The molecule has 0 aliphatic carbocycles. The quantitative estimate of drug-likeness (QED) is 0.750. The molecule has 1 aromatic rings. The summed E-state index contributed by atoms with van der Waals surface area (Å²) in [6.07, 6.45) is 2.13. The molecule has 0 heterocycles. The van der Waals surface area contributed by atoms with E-state index in [1.807, 2.05) is 6.07 Å². The average Bonchev–Trinajstić information content (AvgIpc) is 2.14. The predicted octanol–water partition coefficient (Wildman–Crippen LogP) is 3.43. The Morgan fingerprint density at radius 2 is 2.00 bits per heavy atom. The molecule has 0 unspecified atom stereocenters. The van der Waals surface area contributed by atoms with Crippen LogP contribution in [0.1, 0.15) is 26.7 Å². The van der Waals surface area contributed by atoms with E-state index in [0.29, 0.717) is 6.04 Å². The van der Waals surface area contributed by atoms with Gasteiger partial charge in [-0.1, -0.05) is 19.9 Å². The highest BCUT2D eigenvalue weighted by Crippen LogP contribution is 2.12. The third-order valence-electron chi connectivity index (χ3n) is 2.18. The molecule has 0 aliphatic heterocycles. The van der Waals surface area contributed by atoms with Gasteiger partial charge in [0.05, 0.1) is 0 Å². The van der Waals surface area contributed by atoms with Crippen molar-refractivity contribution in [3.8, 4) is 0 Å². The summed E-state index contributed by atoms with van der Waals surface area (Å²) in [5.41, 5.74) is 0.869. The topological polar surface area (TPSA) is 12.0 Å². The summed E-state index contributed by atoms with van der Waals surface area (Å²) in [5, 5.41) is 3.28. The maximum absolute atomic E-state index is 12.8. The van der Waals surface area contributed by atoms with Gasteiger partial charge in [0.1, 0.15) is 5.82 Å². The molecule has 0 saturated heterocycles. The zero-order valence-electron chi connectivity index (χ0n) is 8.18. The molecule has 13 heavy (non-hydrogen) atoms. The van der Waals surface area contributed by atoms with Crippen LogP contribution in [0.15, 0.2) is 24.3 Å². The molecule has 2 heteroatoms. The molecule has 1 aromatic carbocycles. The van der Waals surface area contributed by atoms with Gasteiger partial charge < -0.3 is 5.32 Å². The third kappa shape index (κ3) is 3.05. The summed E-state index contributed by atoms with van der Waals surface area (Å²) < 4.78 is 12.8. The first kappa shape index (κ1) is 10.0. The van der Waals surface area contributed by atoms with Crippen LogP contribution in [0, 0.1) is 5.82 Å².